The fraction of sp³-hybridized carbons (Fsp3) is 0.278. The molecule has 0 saturated heterocycles. The van der Waals surface area contributed by atoms with E-state index >= 15 is 0 Å². The van der Waals surface area contributed by atoms with Crippen molar-refractivity contribution in [2.45, 2.75) is 20.8 Å². The van der Waals surface area contributed by atoms with E-state index in [-0.39, 0.29) is 0 Å². The average Bonchev–Trinajstić information content (AvgIpc) is 2.83. The SMILES string of the molecule is Cc1ccc2c(c1)-c1cc(C)c(C)cc1C1=NN(C)CN12. The lowest BCUT2D eigenvalue weighted by atomic mass is 9.89. The maximum atomic E-state index is 4.72. The third kappa shape index (κ3) is 1.70. The first-order valence-electron chi connectivity index (χ1n) is 7.34. The zero-order valence-corrected chi connectivity index (χ0v) is 12.9. The second kappa shape index (κ2) is 4.10. The number of anilines is 1. The lowest BCUT2D eigenvalue weighted by molar-refractivity contribution is 0.393. The van der Waals surface area contributed by atoms with Crippen molar-refractivity contribution in [1.82, 2.24) is 5.01 Å². The molecule has 0 fully saturated rings. The molecule has 2 aliphatic rings. The van der Waals surface area contributed by atoms with Gasteiger partial charge in [0.1, 0.15) is 6.67 Å². The van der Waals surface area contributed by atoms with Crippen LogP contribution >= 0.6 is 0 Å². The minimum absolute atomic E-state index is 0.817. The molecule has 2 heterocycles. The van der Waals surface area contributed by atoms with Crippen molar-refractivity contribution in [3.63, 3.8) is 0 Å². The first kappa shape index (κ1) is 12.5. The van der Waals surface area contributed by atoms with Gasteiger partial charge in [-0.1, -0.05) is 17.7 Å². The van der Waals surface area contributed by atoms with E-state index in [2.05, 4.69) is 56.0 Å². The fourth-order valence-electron chi connectivity index (χ4n) is 3.23. The molecule has 0 aliphatic carbocycles. The Morgan fingerprint density at radius 2 is 1.62 bits per heavy atom. The van der Waals surface area contributed by atoms with Crippen LogP contribution in [-0.2, 0) is 0 Å². The Balaban J connectivity index is 2.07. The van der Waals surface area contributed by atoms with Gasteiger partial charge < -0.3 is 4.90 Å². The van der Waals surface area contributed by atoms with Crippen molar-refractivity contribution in [3.05, 3.63) is 52.6 Å². The highest BCUT2D eigenvalue weighted by Gasteiger charge is 2.32. The summed E-state index contributed by atoms with van der Waals surface area (Å²) in [6, 6.07) is 11.3. The molecule has 2 aromatic carbocycles. The molecule has 2 aromatic rings. The van der Waals surface area contributed by atoms with Crippen molar-refractivity contribution < 1.29 is 0 Å². The van der Waals surface area contributed by atoms with Crippen LogP contribution in [-0.4, -0.2) is 24.6 Å². The average molecular weight is 277 g/mol. The van der Waals surface area contributed by atoms with E-state index in [9.17, 15) is 0 Å². The van der Waals surface area contributed by atoms with Crippen LogP contribution in [0, 0.1) is 20.8 Å². The summed E-state index contributed by atoms with van der Waals surface area (Å²) in [5.74, 6) is 1.08. The van der Waals surface area contributed by atoms with Gasteiger partial charge in [-0.3, -0.25) is 5.01 Å². The number of fused-ring (bicyclic) bond motifs is 6. The van der Waals surface area contributed by atoms with Crippen LogP contribution in [0.1, 0.15) is 22.3 Å². The fourth-order valence-corrected chi connectivity index (χ4v) is 3.23. The van der Waals surface area contributed by atoms with E-state index in [1.165, 1.54) is 39.1 Å². The van der Waals surface area contributed by atoms with Gasteiger partial charge in [0.05, 0.1) is 5.69 Å². The van der Waals surface area contributed by atoms with Crippen molar-refractivity contribution in [2.24, 2.45) is 5.10 Å². The van der Waals surface area contributed by atoms with Gasteiger partial charge in [-0.25, -0.2) is 0 Å². The molecule has 0 radical (unpaired) electrons. The molecular formula is C18H19N3. The summed E-state index contributed by atoms with van der Waals surface area (Å²) in [5, 5.41) is 6.72. The molecule has 0 aromatic heterocycles. The van der Waals surface area contributed by atoms with Gasteiger partial charge in [-0.2, -0.15) is 5.10 Å². The molecule has 0 saturated carbocycles. The Kier molecular flexibility index (Phi) is 2.43. The van der Waals surface area contributed by atoms with Gasteiger partial charge in [0.25, 0.3) is 0 Å². The van der Waals surface area contributed by atoms with E-state index in [0.717, 1.165) is 12.5 Å². The first-order chi connectivity index (χ1) is 10.0. The van der Waals surface area contributed by atoms with Crippen LogP contribution in [0.5, 0.6) is 0 Å². The van der Waals surface area contributed by atoms with E-state index in [0.29, 0.717) is 0 Å². The summed E-state index contributed by atoms with van der Waals surface area (Å²) in [6.45, 7) is 7.32. The molecular weight excluding hydrogens is 258 g/mol. The van der Waals surface area contributed by atoms with Crippen LogP contribution in [0.2, 0.25) is 0 Å². The zero-order chi connectivity index (χ0) is 14.7. The number of hydrogen-bond acceptors (Lipinski definition) is 3. The van der Waals surface area contributed by atoms with Gasteiger partial charge in [0.15, 0.2) is 5.84 Å². The smallest absolute Gasteiger partial charge is 0.162 e. The summed E-state index contributed by atoms with van der Waals surface area (Å²) in [4.78, 5) is 2.31. The maximum absolute atomic E-state index is 4.72. The number of hydrogen-bond donors (Lipinski definition) is 0. The Bertz CT molecular complexity index is 789. The molecule has 3 heteroatoms. The monoisotopic (exact) mass is 277 g/mol. The highest BCUT2D eigenvalue weighted by Crippen LogP contribution is 2.42. The summed E-state index contributed by atoms with van der Waals surface area (Å²) in [6.07, 6.45) is 0. The molecule has 0 unspecified atom stereocenters. The van der Waals surface area contributed by atoms with Crippen LogP contribution in [0.15, 0.2) is 35.4 Å². The van der Waals surface area contributed by atoms with Gasteiger partial charge in [0.2, 0.25) is 0 Å². The molecule has 106 valence electrons. The summed E-state index contributed by atoms with van der Waals surface area (Å²) >= 11 is 0. The van der Waals surface area contributed by atoms with Crippen LogP contribution < -0.4 is 4.90 Å². The van der Waals surface area contributed by atoms with Crippen LogP contribution in [0.3, 0.4) is 0 Å². The highest BCUT2D eigenvalue weighted by molar-refractivity contribution is 6.19. The van der Waals surface area contributed by atoms with Crippen molar-refractivity contribution in [2.75, 3.05) is 18.6 Å². The number of aryl methyl sites for hydroxylation is 3. The summed E-state index contributed by atoms with van der Waals surface area (Å²) in [7, 11) is 2.03. The van der Waals surface area contributed by atoms with Gasteiger partial charge in [-0.15, -0.1) is 0 Å². The largest absolute Gasteiger partial charge is 0.304 e. The predicted molar refractivity (Wildman–Crippen MR) is 87.7 cm³/mol. The third-order valence-electron chi connectivity index (χ3n) is 4.47. The van der Waals surface area contributed by atoms with E-state index in [1.807, 2.05) is 12.1 Å². The second-order valence-electron chi connectivity index (χ2n) is 6.15. The van der Waals surface area contributed by atoms with E-state index in [4.69, 9.17) is 5.10 Å². The molecule has 0 bridgehead atoms. The minimum Gasteiger partial charge on any atom is -0.304 e. The molecule has 0 spiro atoms. The molecule has 4 rings (SSSR count). The molecule has 21 heavy (non-hydrogen) atoms. The number of nitrogens with zero attached hydrogens (tertiary/aromatic N) is 3. The lowest BCUT2D eigenvalue weighted by Gasteiger charge is -2.30. The first-order valence-corrected chi connectivity index (χ1v) is 7.34. The zero-order valence-electron chi connectivity index (χ0n) is 12.9. The Morgan fingerprint density at radius 1 is 0.905 bits per heavy atom. The number of benzene rings is 2. The summed E-state index contributed by atoms with van der Waals surface area (Å²) < 4.78 is 0. The molecule has 2 aliphatic heterocycles. The minimum atomic E-state index is 0.817. The van der Waals surface area contributed by atoms with Crippen molar-refractivity contribution in [1.29, 1.82) is 0 Å². The lowest BCUT2D eigenvalue weighted by Crippen LogP contribution is -2.33. The van der Waals surface area contributed by atoms with E-state index in [1.54, 1.807) is 0 Å². The molecule has 0 N–H and O–H groups in total. The van der Waals surface area contributed by atoms with Gasteiger partial charge >= 0.3 is 0 Å². The Hall–Kier alpha value is -2.29. The Morgan fingerprint density at radius 3 is 2.38 bits per heavy atom. The highest BCUT2D eigenvalue weighted by atomic mass is 15.6. The number of amidine groups is 1. The summed E-state index contributed by atoms with van der Waals surface area (Å²) in [5.41, 5.74) is 9.10. The van der Waals surface area contributed by atoms with Crippen molar-refractivity contribution in [3.8, 4) is 11.1 Å². The number of rotatable bonds is 0. The van der Waals surface area contributed by atoms with Gasteiger partial charge in [0, 0.05) is 18.2 Å². The second-order valence-corrected chi connectivity index (χ2v) is 6.15. The third-order valence-corrected chi connectivity index (χ3v) is 4.47. The molecule has 0 amide bonds. The number of hydrazone groups is 1. The topological polar surface area (TPSA) is 18.8 Å². The van der Waals surface area contributed by atoms with E-state index < -0.39 is 0 Å². The molecule has 0 atom stereocenters. The normalized spacial score (nSPS) is 15.5. The van der Waals surface area contributed by atoms with Crippen LogP contribution in [0.4, 0.5) is 5.69 Å². The standard InChI is InChI=1S/C18H19N3/c1-11-5-6-17-15(7-11)14-8-12(2)13(3)9-16(14)18-19-20(4)10-21(17)18/h5-9H,10H2,1-4H3. The van der Waals surface area contributed by atoms with Gasteiger partial charge in [-0.05, 0) is 55.7 Å². The maximum Gasteiger partial charge on any atom is 0.162 e. The Labute approximate surface area is 125 Å². The van der Waals surface area contributed by atoms with Crippen LogP contribution in [0.25, 0.3) is 11.1 Å². The quantitative estimate of drug-likeness (QED) is 0.732. The van der Waals surface area contributed by atoms with Crippen molar-refractivity contribution >= 4 is 11.5 Å². The predicted octanol–water partition coefficient (Wildman–Crippen LogP) is 3.66. The molecule has 3 nitrogen and oxygen atoms in total.